The zero-order valence-corrected chi connectivity index (χ0v) is 13.1. The molecule has 0 amide bonds. The van der Waals surface area contributed by atoms with Gasteiger partial charge < -0.3 is 14.3 Å². The first kappa shape index (κ1) is 13.3. The Morgan fingerprint density at radius 1 is 1.63 bits per heavy atom. The average Bonchev–Trinajstić information content (AvgIpc) is 2.95. The molecule has 1 saturated heterocycles. The molecule has 4 nitrogen and oxygen atoms in total. The van der Waals surface area contributed by atoms with Gasteiger partial charge in [-0.1, -0.05) is 6.92 Å². The lowest BCUT2D eigenvalue weighted by molar-refractivity contribution is 0.0836. The molecule has 0 aromatic carbocycles. The molecule has 0 spiro atoms. The van der Waals surface area contributed by atoms with Gasteiger partial charge >= 0.3 is 0 Å². The Labute approximate surface area is 125 Å². The van der Waals surface area contributed by atoms with E-state index in [0.29, 0.717) is 12.0 Å². The molecule has 2 aromatic rings. The van der Waals surface area contributed by atoms with Gasteiger partial charge in [0.2, 0.25) is 0 Å². The molecule has 0 bridgehead atoms. The van der Waals surface area contributed by atoms with Crippen LogP contribution in [0.15, 0.2) is 16.7 Å². The summed E-state index contributed by atoms with van der Waals surface area (Å²) in [5.41, 5.74) is 1.90. The number of fused-ring (bicyclic) bond motifs is 1. The minimum absolute atomic E-state index is 0.349. The van der Waals surface area contributed by atoms with E-state index in [1.807, 2.05) is 12.3 Å². The lowest BCUT2D eigenvalue weighted by Gasteiger charge is -2.17. The molecule has 3 rings (SSSR count). The number of nitrogens with zero attached hydrogens (tertiary/aromatic N) is 2. The number of pyridine rings is 1. The number of aromatic amines is 1. The maximum Gasteiger partial charge on any atom is 0.179 e. The number of hydrogen-bond acceptors (Lipinski definition) is 3. The highest BCUT2D eigenvalue weighted by atomic mass is 79.9. The molecule has 0 saturated carbocycles. The van der Waals surface area contributed by atoms with E-state index in [0.717, 1.165) is 46.4 Å². The van der Waals surface area contributed by atoms with Crippen molar-refractivity contribution in [3.8, 4) is 0 Å². The van der Waals surface area contributed by atoms with Crippen LogP contribution in [-0.4, -0.2) is 27.2 Å². The summed E-state index contributed by atoms with van der Waals surface area (Å²) in [6.45, 7) is 3.91. The Morgan fingerprint density at radius 3 is 3.26 bits per heavy atom. The lowest BCUT2D eigenvalue weighted by Crippen LogP contribution is -2.20. The van der Waals surface area contributed by atoms with E-state index in [-0.39, 0.29) is 0 Å². The van der Waals surface area contributed by atoms with Crippen molar-refractivity contribution in [1.29, 1.82) is 0 Å². The van der Waals surface area contributed by atoms with Crippen LogP contribution in [0.1, 0.15) is 19.8 Å². The molecule has 2 atom stereocenters. The van der Waals surface area contributed by atoms with Gasteiger partial charge in [-0.3, -0.25) is 0 Å². The molecule has 19 heavy (non-hydrogen) atoms. The van der Waals surface area contributed by atoms with E-state index >= 15 is 0 Å². The summed E-state index contributed by atoms with van der Waals surface area (Å²) in [6, 6.07) is 2.01. The fourth-order valence-corrected chi connectivity index (χ4v) is 3.38. The fraction of sp³-hybridized carbons (Fsp3) is 0.538. The molecule has 1 aliphatic heterocycles. The van der Waals surface area contributed by atoms with E-state index in [1.165, 1.54) is 0 Å². The van der Waals surface area contributed by atoms with Crippen LogP contribution in [0.5, 0.6) is 0 Å². The van der Waals surface area contributed by atoms with Gasteiger partial charge in [0.1, 0.15) is 0 Å². The third kappa shape index (κ3) is 2.49. The third-order valence-electron chi connectivity index (χ3n) is 3.74. The molecule has 0 radical (unpaired) electrons. The van der Waals surface area contributed by atoms with Crippen molar-refractivity contribution in [3.63, 3.8) is 0 Å². The van der Waals surface area contributed by atoms with Crippen molar-refractivity contribution in [1.82, 2.24) is 14.5 Å². The minimum atomic E-state index is 0.349. The third-order valence-corrected chi connectivity index (χ3v) is 4.50. The van der Waals surface area contributed by atoms with E-state index in [9.17, 15) is 0 Å². The summed E-state index contributed by atoms with van der Waals surface area (Å²) in [5, 5.41) is 0. The molecule has 6 heteroatoms. The Balaban J connectivity index is 1.96. The second-order valence-electron chi connectivity index (χ2n) is 4.93. The second-order valence-corrected chi connectivity index (χ2v) is 6.23. The quantitative estimate of drug-likeness (QED) is 0.866. The predicted molar refractivity (Wildman–Crippen MR) is 80.8 cm³/mol. The fourth-order valence-electron chi connectivity index (χ4n) is 2.77. The van der Waals surface area contributed by atoms with Crippen LogP contribution in [0.3, 0.4) is 0 Å². The topological polar surface area (TPSA) is 42.8 Å². The standard InChI is InChI=1S/C13H16BrN3OS/c1-2-11-8(3-4-18-11)7-17-12-10(16-13(17)19)5-9(14)6-15-12/h5-6,8,11H,2-4,7H2,1H3,(H,16,19). The van der Waals surface area contributed by atoms with Gasteiger partial charge in [-0.2, -0.15) is 0 Å². The summed E-state index contributed by atoms with van der Waals surface area (Å²) in [6.07, 6.45) is 4.31. The predicted octanol–water partition coefficient (Wildman–Crippen LogP) is 3.67. The number of H-pyrrole nitrogens is 1. The Morgan fingerprint density at radius 2 is 2.47 bits per heavy atom. The van der Waals surface area contributed by atoms with Crippen LogP contribution in [-0.2, 0) is 11.3 Å². The molecule has 2 unspecified atom stereocenters. The zero-order chi connectivity index (χ0) is 13.4. The number of ether oxygens (including phenoxy) is 1. The van der Waals surface area contributed by atoms with E-state index in [1.54, 1.807) is 0 Å². The minimum Gasteiger partial charge on any atom is -0.378 e. The van der Waals surface area contributed by atoms with Crippen molar-refractivity contribution >= 4 is 39.3 Å². The zero-order valence-electron chi connectivity index (χ0n) is 10.7. The average molecular weight is 342 g/mol. The summed E-state index contributed by atoms with van der Waals surface area (Å²) in [5.74, 6) is 0.529. The SMILES string of the molecule is CCC1OCCC1Cn1c(=S)[nH]c2cc(Br)cnc21. The number of halogens is 1. The van der Waals surface area contributed by atoms with Gasteiger partial charge in [0.05, 0.1) is 11.6 Å². The van der Waals surface area contributed by atoms with Crippen LogP contribution in [0.2, 0.25) is 0 Å². The van der Waals surface area contributed by atoms with Gasteiger partial charge in [-0.15, -0.1) is 0 Å². The van der Waals surface area contributed by atoms with Crippen molar-refractivity contribution < 1.29 is 4.74 Å². The Hall–Kier alpha value is -0.720. The van der Waals surface area contributed by atoms with E-state index < -0.39 is 0 Å². The van der Waals surface area contributed by atoms with Gasteiger partial charge in [-0.25, -0.2) is 4.98 Å². The van der Waals surface area contributed by atoms with Crippen molar-refractivity contribution in [2.75, 3.05) is 6.61 Å². The summed E-state index contributed by atoms with van der Waals surface area (Å²) in [7, 11) is 0. The molecular weight excluding hydrogens is 326 g/mol. The molecular formula is C13H16BrN3OS. The largest absolute Gasteiger partial charge is 0.378 e. The highest BCUT2D eigenvalue weighted by Crippen LogP contribution is 2.26. The van der Waals surface area contributed by atoms with Crippen LogP contribution in [0.25, 0.3) is 11.2 Å². The van der Waals surface area contributed by atoms with Gasteiger partial charge in [0, 0.05) is 29.7 Å². The first-order chi connectivity index (χ1) is 9.19. The van der Waals surface area contributed by atoms with Crippen molar-refractivity contribution in [3.05, 3.63) is 21.5 Å². The molecule has 102 valence electrons. The number of rotatable bonds is 3. The number of aromatic nitrogens is 3. The first-order valence-electron chi connectivity index (χ1n) is 6.54. The monoisotopic (exact) mass is 341 g/mol. The smallest absolute Gasteiger partial charge is 0.179 e. The summed E-state index contributed by atoms with van der Waals surface area (Å²) in [4.78, 5) is 7.69. The molecule has 0 aliphatic carbocycles. The highest BCUT2D eigenvalue weighted by molar-refractivity contribution is 9.10. The van der Waals surface area contributed by atoms with Crippen LogP contribution < -0.4 is 0 Å². The molecule has 3 heterocycles. The van der Waals surface area contributed by atoms with E-state index in [2.05, 4.69) is 37.4 Å². The maximum atomic E-state index is 5.75. The molecule has 1 aliphatic rings. The van der Waals surface area contributed by atoms with Crippen molar-refractivity contribution in [2.24, 2.45) is 5.92 Å². The number of imidazole rings is 1. The lowest BCUT2D eigenvalue weighted by atomic mass is 10.00. The second kappa shape index (κ2) is 5.34. The molecule has 1 fully saturated rings. The molecule has 2 aromatic heterocycles. The van der Waals surface area contributed by atoms with Crippen LogP contribution in [0.4, 0.5) is 0 Å². The Bertz CT molecular complexity index is 651. The summed E-state index contributed by atoms with van der Waals surface area (Å²) < 4.78 is 9.54. The van der Waals surface area contributed by atoms with Gasteiger partial charge in [0.15, 0.2) is 10.4 Å². The van der Waals surface area contributed by atoms with E-state index in [4.69, 9.17) is 17.0 Å². The number of hydrogen-bond donors (Lipinski definition) is 1. The first-order valence-corrected chi connectivity index (χ1v) is 7.75. The van der Waals surface area contributed by atoms with Gasteiger partial charge in [-0.05, 0) is 47.1 Å². The highest BCUT2D eigenvalue weighted by Gasteiger charge is 2.27. The van der Waals surface area contributed by atoms with Crippen LogP contribution in [0, 0.1) is 10.7 Å². The maximum absolute atomic E-state index is 5.75. The normalized spacial score (nSPS) is 23.3. The van der Waals surface area contributed by atoms with Gasteiger partial charge in [0.25, 0.3) is 0 Å². The Kier molecular flexibility index (Phi) is 3.73. The number of nitrogens with one attached hydrogen (secondary N) is 1. The van der Waals surface area contributed by atoms with Crippen LogP contribution >= 0.6 is 28.1 Å². The van der Waals surface area contributed by atoms with Crippen molar-refractivity contribution in [2.45, 2.75) is 32.4 Å². The molecule has 1 N–H and O–H groups in total. The summed E-state index contributed by atoms with van der Waals surface area (Å²) >= 11 is 8.85.